The average molecular weight is 272 g/mol. The Hall–Kier alpha value is -0.950. The maximum Gasteiger partial charge on any atom is 0.279 e. The third kappa shape index (κ3) is 5.14. The standard InChI is InChI=1S/C12H20N2O3S/c1-14(10-5-11-15)18(16,17)13-9-8-12-6-3-2-4-7-12/h2-4,6-7,13,15H,5,8-11H2,1H3. The highest BCUT2D eigenvalue weighted by Crippen LogP contribution is 2.00. The van der Waals surface area contributed by atoms with Crippen molar-refractivity contribution in [2.45, 2.75) is 12.8 Å². The Morgan fingerprint density at radius 3 is 2.56 bits per heavy atom. The van der Waals surface area contributed by atoms with Crippen molar-refractivity contribution in [3.05, 3.63) is 35.9 Å². The molecule has 18 heavy (non-hydrogen) atoms. The van der Waals surface area contributed by atoms with Gasteiger partial charge in [-0.2, -0.15) is 12.7 Å². The van der Waals surface area contributed by atoms with Crippen LogP contribution in [0.15, 0.2) is 30.3 Å². The van der Waals surface area contributed by atoms with E-state index in [1.54, 1.807) is 0 Å². The molecule has 0 aliphatic rings. The molecule has 0 atom stereocenters. The van der Waals surface area contributed by atoms with Crippen molar-refractivity contribution in [1.82, 2.24) is 9.03 Å². The molecule has 0 saturated carbocycles. The van der Waals surface area contributed by atoms with Crippen LogP contribution >= 0.6 is 0 Å². The molecule has 0 spiro atoms. The predicted molar refractivity (Wildman–Crippen MR) is 71.4 cm³/mol. The quantitative estimate of drug-likeness (QED) is 0.718. The first-order valence-corrected chi connectivity index (χ1v) is 7.36. The summed E-state index contributed by atoms with van der Waals surface area (Å²) in [7, 11) is -1.93. The minimum Gasteiger partial charge on any atom is -0.396 e. The van der Waals surface area contributed by atoms with Gasteiger partial charge in [-0.05, 0) is 18.4 Å². The molecular weight excluding hydrogens is 252 g/mol. The third-order valence-corrected chi connectivity index (χ3v) is 4.15. The largest absolute Gasteiger partial charge is 0.396 e. The van der Waals surface area contributed by atoms with Gasteiger partial charge in [0, 0.05) is 26.7 Å². The summed E-state index contributed by atoms with van der Waals surface area (Å²) in [5.74, 6) is 0. The van der Waals surface area contributed by atoms with Gasteiger partial charge in [0.25, 0.3) is 10.2 Å². The molecule has 0 aliphatic carbocycles. The van der Waals surface area contributed by atoms with Gasteiger partial charge in [-0.3, -0.25) is 0 Å². The molecule has 1 aromatic rings. The summed E-state index contributed by atoms with van der Waals surface area (Å²) in [6, 6.07) is 9.71. The Morgan fingerprint density at radius 1 is 1.28 bits per heavy atom. The Labute approximate surface area is 109 Å². The van der Waals surface area contributed by atoms with Crippen LogP contribution in [-0.4, -0.2) is 44.6 Å². The fourth-order valence-corrected chi connectivity index (χ4v) is 2.44. The van der Waals surface area contributed by atoms with Crippen molar-refractivity contribution < 1.29 is 13.5 Å². The molecule has 1 rings (SSSR count). The van der Waals surface area contributed by atoms with Gasteiger partial charge in [0.15, 0.2) is 0 Å². The van der Waals surface area contributed by atoms with Gasteiger partial charge >= 0.3 is 0 Å². The first-order chi connectivity index (χ1) is 8.56. The van der Waals surface area contributed by atoms with Crippen molar-refractivity contribution in [2.75, 3.05) is 26.7 Å². The summed E-state index contributed by atoms with van der Waals surface area (Å²) in [5, 5.41) is 8.66. The molecule has 0 bridgehead atoms. The van der Waals surface area contributed by atoms with E-state index in [-0.39, 0.29) is 6.61 Å². The van der Waals surface area contributed by atoms with Gasteiger partial charge in [0.05, 0.1) is 0 Å². The molecule has 102 valence electrons. The predicted octanol–water partition coefficient (Wildman–Crippen LogP) is 0.378. The van der Waals surface area contributed by atoms with Crippen LogP contribution in [0.3, 0.4) is 0 Å². The van der Waals surface area contributed by atoms with Crippen LogP contribution in [0.1, 0.15) is 12.0 Å². The van der Waals surface area contributed by atoms with Crippen LogP contribution < -0.4 is 4.72 Å². The van der Waals surface area contributed by atoms with Crippen LogP contribution in [0.4, 0.5) is 0 Å². The molecule has 2 N–H and O–H groups in total. The Balaban J connectivity index is 2.38. The molecule has 0 aliphatic heterocycles. The smallest absolute Gasteiger partial charge is 0.279 e. The molecule has 0 amide bonds. The number of hydrogen-bond acceptors (Lipinski definition) is 3. The molecule has 0 unspecified atom stereocenters. The molecule has 0 aromatic heterocycles. The van der Waals surface area contributed by atoms with Crippen LogP contribution in [0, 0.1) is 0 Å². The van der Waals surface area contributed by atoms with E-state index in [1.165, 1.54) is 11.4 Å². The fraction of sp³-hybridized carbons (Fsp3) is 0.500. The minimum absolute atomic E-state index is 0.0100. The number of nitrogens with zero attached hydrogens (tertiary/aromatic N) is 1. The number of benzene rings is 1. The van der Waals surface area contributed by atoms with Crippen LogP contribution in [0.5, 0.6) is 0 Å². The van der Waals surface area contributed by atoms with Gasteiger partial charge in [0.2, 0.25) is 0 Å². The van der Waals surface area contributed by atoms with Gasteiger partial charge < -0.3 is 5.11 Å². The Bertz CT molecular complexity index is 434. The minimum atomic E-state index is -3.43. The maximum atomic E-state index is 11.8. The zero-order valence-corrected chi connectivity index (χ0v) is 11.4. The third-order valence-electron chi connectivity index (χ3n) is 2.58. The SMILES string of the molecule is CN(CCCO)S(=O)(=O)NCCc1ccccc1. The lowest BCUT2D eigenvalue weighted by Gasteiger charge is -2.17. The number of aliphatic hydroxyl groups excluding tert-OH is 1. The lowest BCUT2D eigenvalue weighted by atomic mass is 10.2. The van der Waals surface area contributed by atoms with E-state index >= 15 is 0 Å². The van der Waals surface area contributed by atoms with E-state index in [4.69, 9.17) is 5.11 Å². The summed E-state index contributed by atoms with van der Waals surface area (Å²) in [5.41, 5.74) is 1.10. The Kier molecular flexibility index (Phi) is 6.28. The second-order valence-corrected chi connectivity index (χ2v) is 5.90. The van der Waals surface area contributed by atoms with Gasteiger partial charge in [-0.25, -0.2) is 4.72 Å². The van der Waals surface area contributed by atoms with Crippen LogP contribution in [-0.2, 0) is 16.6 Å². The lowest BCUT2D eigenvalue weighted by Crippen LogP contribution is -2.39. The van der Waals surface area contributed by atoms with Crippen molar-refractivity contribution in [3.8, 4) is 0 Å². The second-order valence-electron chi connectivity index (χ2n) is 4.03. The highest BCUT2D eigenvalue weighted by atomic mass is 32.2. The van der Waals surface area contributed by atoms with Crippen LogP contribution in [0.25, 0.3) is 0 Å². The van der Waals surface area contributed by atoms with E-state index < -0.39 is 10.2 Å². The molecule has 0 radical (unpaired) electrons. The molecule has 6 heteroatoms. The second kappa shape index (κ2) is 7.48. The average Bonchev–Trinajstić information content (AvgIpc) is 2.37. The first kappa shape index (κ1) is 15.1. The van der Waals surface area contributed by atoms with Gasteiger partial charge in [0.1, 0.15) is 0 Å². The zero-order valence-electron chi connectivity index (χ0n) is 10.5. The van der Waals surface area contributed by atoms with Crippen molar-refractivity contribution in [1.29, 1.82) is 0 Å². The van der Waals surface area contributed by atoms with Gasteiger partial charge in [-0.15, -0.1) is 0 Å². The highest BCUT2D eigenvalue weighted by molar-refractivity contribution is 7.87. The van der Waals surface area contributed by atoms with E-state index in [0.717, 1.165) is 5.56 Å². The fourth-order valence-electron chi connectivity index (χ4n) is 1.49. The number of nitrogens with one attached hydrogen (secondary N) is 1. The summed E-state index contributed by atoms with van der Waals surface area (Å²) >= 11 is 0. The van der Waals surface area contributed by atoms with E-state index in [9.17, 15) is 8.42 Å². The first-order valence-electron chi connectivity index (χ1n) is 5.92. The Morgan fingerprint density at radius 2 is 1.94 bits per heavy atom. The molecule has 0 saturated heterocycles. The normalized spacial score (nSPS) is 11.9. The summed E-state index contributed by atoms with van der Waals surface area (Å²) in [6.45, 7) is 0.677. The van der Waals surface area contributed by atoms with Crippen molar-refractivity contribution >= 4 is 10.2 Å². The van der Waals surface area contributed by atoms with E-state index in [1.807, 2.05) is 30.3 Å². The summed E-state index contributed by atoms with van der Waals surface area (Å²) in [4.78, 5) is 0. The monoisotopic (exact) mass is 272 g/mol. The zero-order chi connectivity index (χ0) is 13.4. The summed E-state index contributed by atoms with van der Waals surface area (Å²) in [6.07, 6.45) is 1.10. The van der Waals surface area contributed by atoms with E-state index in [2.05, 4.69) is 4.72 Å². The molecular formula is C12H20N2O3S. The topological polar surface area (TPSA) is 69.6 Å². The maximum absolute atomic E-state index is 11.8. The number of rotatable bonds is 8. The van der Waals surface area contributed by atoms with Crippen molar-refractivity contribution in [2.24, 2.45) is 0 Å². The van der Waals surface area contributed by atoms with Gasteiger partial charge in [-0.1, -0.05) is 30.3 Å². The van der Waals surface area contributed by atoms with Crippen molar-refractivity contribution in [3.63, 3.8) is 0 Å². The molecule has 0 heterocycles. The summed E-state index contributed by atoms with van der Waals surface area (Å²) < 4.78 is 27.3. The molecule has 1 aromatic carbocycles. The number of hydrogen-bond donors (Lipinski definition) is 2. The highest BCUT2D eigenvalue weighted by Gasteiger charge is 2.15. The lowest BCUT2D eigenvalue weighted by molar-refractivity contribution is 0.275. The van der Waals surface area contributed by atoms with E-state index in [0.29, 0.717) is 25.9 Å². The number of aliphatic hydroxyl groups is 1. The van der Waals surface area contributed by atoms with Crippen LogP contribution in [0.2, 0.25) is 0 Å². The molecule has 5 nitrogen and oxygen atoms in total. The molecule has 0 fully saturated rings.